The van der Waals surface area contributed by atoms with Crippen molar-refractivity contribution in [2.24, 2.45) is 5.92 Å². The average Bonchev–Trinajstić information content (AvgIpc) is 2.62. The number of amides is 1. The second-order valence-corrected chi connectivity index (χ2v) is 7.92. The van der Waals surface area contributed by atoms with Crippen molar-refractivity contribution in [3.63, 3.8) is 0 Å². The normalized spacial score (nSPS) is 12.5. The molecule has 0 saturated carbocycles. The van der Waals surface area contributed by atoms with Crippen LogP contribution in [-0.2, 0) is 16.1 Å². The van der Waals surface area contributed by atoms with E-state index in [1.54, 1.807) is 17.7 Å². The fraction of sp³-hybridized carbons (Fsp3) is 0.526. The monoisotopic (exact) mass is 377 g/mol. The summed E-state index contributed by atoms with van der Waals surface area (Å²) in [7, 11) is 1.64. The molecule has 1 amide bonds. The predicted octanol–water partition coefficient (Wildman–Crippen LogP) is 2.69. The first kappa shape index (κ1) is 20.5. The van der Waals surface area contributed by atoms with E-state index in [1.807, 2.05) is 25.1 Å². The molecule has 6 nitrogen and oxygen atoms in total. The SMILES string of the molecule is COCCCn1c(SC(C)C(=O)NCC(C)C)nc2ccccc2c1=O. The van der Waals surface area contributed by atoms with Crippen LogP contribution in [0.2, 0.25) is 0 Å². The number of carbonyl (C=O) groups excluding carboxylic acids is 1. The maximum absolute atomic E-state index is 12.9. The van der Waals surface area contributed by atoms with E-state index < -0.39 is 0 Å². The first-order valence-corrected chi connectivity index (χ1v) is 9.75. The molecule has 0 spiro atoms. The van der Waals surface area contributed by atoms with Crippen LogP contribution in [0.25, 0.3) is 10.9 Å². The Kier molecular flexibility index (Phi) is 7.66. The van der Waals surface area contributed by atoms with Crippen LogP contribution in [0.5, 0.6) is 0 Å². The number of para-hydroxylation sites is 1. The second kappa shape index (κ2) is 9.73. The van der Waals surface area contributed by atoms with E-state index in [0.29, 0.717) is 48.1 Å². The Labute approximate surface area is 158 Å². The van der Waals surface area contributed by atoms with Crippen LogP contribution in [0, 0.1) is 5.92 Å². The lowest BCUT2D eigenvalue weighted by atomic mass is 10.2. The maximum Gasteiger partial charge on any atom is 0.262 e. The van der Waals surface area contributed by atoms with Crippen molar-refractivity contribution in [1.29, 1.82) is 0 Å². The van der Waals surface area contributed by atoms with E-state index in [9.17, 15) is 9.59 Å². The molecule has 1 aromatic heterocycles. The minimum atomic E-state index is -0.338. The average molecular weight is 378 g/mol. The number of benzene rings is 1. The van der Waals surface area contributed by atoms with Gasteiger partial charge in [-0.1, -0.05) is 37.7 Å². The Balaban J connectivity index is 2.29. The van der Waals surface area contributed by atoms with E-state index >= 15 is 0 Å². The first-order valence-electron chi connectivity index (χ1n) is 8.87. The minimum absolute atomic E-state index is 0.0467. The van der Waals surface area contributed by atoms with E-state index in [-0.39, 0.29) is 16.7 Å². The molecule has 142 valence electrons. The Hall–Kier alpha value is -1.86. The molecule has 2 aromatic rings. The number of hydrogen-bond acceptors (Lipinski definition) is 5. The van der Waals surface area contributed by atoms with Crippen molar-refractivity contribution in [1.82, 2.24) is 14.9 Å². The molecule has 0 aliphatic rings. The number of fused-ring (bicyclic) bond motifs is 1. The van der Waals surface area contributed by atoms with Crippen LogP contribution < -0.4 is 10.9 Å². The summed E-state index contributed by atoms with van der Waals surface area (Å²) in [5.74, 6) is 0.344. The van der Waals surface area contributed by atoms with Gasteiger partial charge in [-0.25, -0.2) is 4.98 Å². The summed E-state index contributed by atoms with van der Waals surface area (Å²) in [5.41, 5.74) is 0.571. The van der Waals surface area contributed by atoms with Gasteiger partial charge in [0.2, 0.25) is 5.91 Å². The zero-order valence-electron chi connectivity index (χ0n) is 15.8. The van der Waals surface area contributed by atoms with Crippen molar-refractivity contribution in [3.8, 4) is 0 Å². The highest BCUT2D eigenvalue weighted by molar-refractivity contribution is 8.00. The Morgan fingerprint density at radius 2 is 2.04 bits per heavy atom. The topological polar surface area (TPSA) is 73.2 Å². The number of ether oxygens (including phenoxy) is 1. The van der Waals surface area contributed by atoms with Crippen LogP contribution in [-0.4, -0.2) is 41.0 Å². The molecule has 0 fully saturated rings. The lowest BCUT2D eigenvalue weighted by Crippen LogP contribution is -2.34. The number of nitrogens with one attached hydrogen (secondary N) is 1. The number of rotatable bonds is 9. The molecular formula is C19H27N3O3S. The Morgan fingerprint density at radius 3 is 2.73 bits per heavy atom. The summed E-state index contributed by atoms with van der Waals surface area (Å²) < 4.78 is 6.75. The molecule has 26 heavy (non-hydrogen) atoms. The summed E-state index contributed by atoms with van der Waals surface area (Å²) in [4.78, 5) is 29.8. The molecule has 1 atom stereocenters. The van der Waals surface area contributed by atoms with Gasteiger partial charge in [0.05, 0.1) is 16.2 Å². The van der Waals surface area contributed by atoms with Gasteiger partial charge in [-0.15, -0.1) is 0 Å². The molecule has 7 heteroatoms. The lowest BCUT2D eigenvalue weighted by molar-refractivity contribution is -0.120. The van der Waals surface area contributed by atoms with Gasteiger partial charge >= 0.3 is 0 Å². The smallest absolute Gasteiger partial charge is 0.262 e. The summed E-state index contributed by atoms with van der Waals surface area (Å²) in [6.45, 7) is 7.64. The zero-order valence-corrected chi connectivity index (χ0v) is 16.6. The summed E-state index contributed by atoms with van der Waals surface area (Å²) >= 11 is 1.32. The fourth-order valence-corrected chi connectivity index (χ4v) is 3.42. The third-order valence-corrected chi connectivity index (χ3v) is 4.98. The van der Waals surface area contributed by atoms with Crippen LogP contribution in [0.1, 0.15) is 27.2 Å². The number of nitrogens with zero attached hydrogens (tertiary/aromatic N) is 2. The van der Waals surface area contributed by atoms with Crippen LogP contribution in [0.4, 0.5) is 0 Å². The van der Waals surface area contributed by atoms with E-state index in [1.165, 1.54) is 11.8 Å². The minimum Gasteiger partial charge on any atom is -0.385 e. The number of aromatic nitrogens is 2. The van der Waals surface area contributed by atoms with Gasteiger partial charge in [-0.3, -0.25) is 14.2 Å². The predicted molar refractivity (Wildman–Crippen MR) is 106 cm³/mol. The standard InChI is InChI=1S/C19H27N3O3S/c1-13(2)12-20-17(23)14(3)26-19-21-16-9-6-5-8-15(16)18(24)22(19)10-7-11-25-4/h5-6,8-9,13-14H,7,10-12H2,1-4H3,(H,20,23). The molecule has 0 aliphatic carbocycles. The second-order valence-electron chi connectivity index (χ2n) is 6.61. The summed E-state index contributed by atoms with van der Waals surface area (Å²) in [6, 6.07) is 7.30. The molecule has 0 saturated heterocycles. The van der Waals surface area contributed by atoms with Gasteiger partial charge in [0.1, 0.15) is 0 Å². The molecule has 1 heterocycles. The lowest BCUT2D eigenvalue weighted by Gasteiger charge is -2.17. The van der Waals surface area contributed by atoms with E-state index in [4.69, 9.17) is 4.74 Å². The van der Waals surface area contributed by atoms with Crippen molar-refractivity contribution in [2.75, 3.05) is 20.3 Å². The quantitative estimate of drug-likeness (QED) is 0.413. The highest BCUT2D eigenvalue weighted by atomic mass is 32.2. The van der Waals surface area contributed by atoms with Crippen molar-refractivity contribution >= 4 is 28.6 Å². The van der Waals surface area contributed by atoms with Crippen LogP contribution in [0.15, 0.2) is 34.2 Å². The van der Waals surface area contributed by atoms with Gasteiger partial charge in [0.15, 0.2) is 5.16 Å². The van der Waals surface area contributed by atoms with Crippen molar-refractivity contribution in [2.45, 2.75) is 44.1 Å². The fourth-order valence-electron chi connectivity index (χ4n) is 2.46. The summed E-state index contributed by atoms with van der Waals surface area (Å²) in [5, 5.41) is 3.75. The largest absolute Gasteiger partial charge is 0.385 e. The Morgan fingerprint density at radius 1 is 1.31 bits per heavy atom. The van der Waals surface area contributed by atoms with Gasteiger partial charge in [-0.2, -0.15) is 0 Å². The first-order chi connectivity index (χ1) is 12.4. The zero-order chi connectivity index (χ0) is 19.1. The highest BCUT2D eigenvalue weighted by Crippen LogP contribution is 2.23. The van der Waals surface area contributed by atoms with Crippen LogP contribution >= 0.6 is 11.8 Å². The van der Waals surface area contributed by atoms with Crippen molar-refractivity contribution in [3.05, 3.63) is 34.6 Å². The van der Waals surface area contributed by atoms with E-state index in [2.05, 4.69) is 24.1 Å². The van der Waals surface area contributed by atoms with Crippen LogP contribution in [0.3, 0.4) is 0 Å². The molecule has 1 N–H and O–H groups in total. The van der Waals surface area contributed by atoms with E-state index in [0.717, 1.165) is 0 Å². The number of hydrogen-bond donors (Lipinski definition) is 1. The van der Waals surface area contributed by atoms with Crippen molar-refractivity contribution < 1.29 is 9.53 Å². The maximum atomic E-state index is 12.9. The van der Waals surface area contributed by atoms with Gasteiger partial charge in [-0.05, 0) is 31.4 Å². The molecule has 2 rings (SSSR count). The number of methoxy groups -OCH3 is 1. The van der Waals surface area contributed by atoms with Gasteiger partial charge in [0, 0.05) is 26.8 Å². The summed E-state index contributed by atoms with van der Waals surface area (Å²) in [6.07, 6.45) is 0.706. The Bertz CT molecular complexity index is 804. The third-order valence-electron chi connectivity index (χ3n) is 3.89. The van der Waals surface area contributed by atoms with Gasteiger partial charge < -0.3 is 10.1 Å². The molecule has 0 radical (unpaired) electrons. The highest BCUT2D eigenvalue weighted by Gasteiger charge is 2.19. The number of thioether (sulfide) groups is 1. The molecule has 0 bridgehead atoms. The third kappa shape index (κ3) is 5.32. The number of carbonyl (C=O) groups is 1. The molecule has 0 aliphatic heterocycles. The van der Waals surface area contributed by atoms with Gasteiger partial charge in [0.25, 0.3) is 5.56 Å². The molecule has 1 unspecified atom stereocenters. The molecule has 1 aromatic carbocycles. The molecular weight excluding hydrogens is 350 g/mol.